The first kappa shape index (κ1) is 17.7. The topological polar surface area (TPSA) is 125 Å². The number of carbonyl (C=O) groups excluding carboxylic acids is 2. The van der Waals surface area contributed by atoms with Gasteiger partial charge in [-0.2, -0.15) is 5.26 Å². The van der Waals surface area contributed by atoms with Gasteiger partial charge in [-0.15, -0.1) is 0 Å². The second-order valence-electron chi connectivity index (χ2n) is 5.07. The summed E-state index contributed by atoms with van der Waals surface area (Å²) in [4.78, 5) is 22.9. The van der Waals surface area contributed by atoms with E-state index in [4.69, 9.17) is 10.5 Å². The van der Waals surface area contributed by atoms with Crippen LogP contribution in [0.5, 0.6) is 11.5 Å². The van der Waals surface area contributed by atoms with E-state index in [-0.39, 0.29) is 23.8 Å². The number of hydrogen-bond acceptors (Lipinski definition) is 6. The Hall–Kier alpha value is -2.66. The van der Waals surface area contributed by atoms with Crippen LogP contribution in [0, 0.1) is 11.3 Å². The number of nitrogens with one attached hydrogen (secondary N) is 1. The molecule has 0 saturated heterocycles. The maximum atomic E-state index is 12.0. The summed E-state index contributed by atoms with van der Waals surface area (Å²) in [6, 6.07) is 6.84. The van der Waals surface area contributed by atoms with Crippen molar-refractivity contribution in [2.24, 2.45) is 5.73 Å². The van der Waals surface area contributed by atoms with Crippen molar-refractivity contribution >= 4 is 23.6 Å². The van der Waals surface area contributed by atoms with Gasteiger partial charge in [0.25, 0.3) is 0 Å². The van der Waals surface area contributed by atoms with Gasteiger partial charge in [-0.05, 0) is 24.6 Å². The summed E-state index contributed by atoms with van der Waals surface area (Å²) in [5.41, 5.74) is 6.16. The summed E-state index contributed by atoms with van der Waals surface area (Å²) in [7, 11) is 0. The highest BCUT2D eigenvalue weighted by atomic mass is 32.2. The van der Waals surface area contributed by atoms with Crippen molar-refractivity contribution in [3.8, 4) is 17.6 Å². The summed E-state index contributed by atoms with van der Waals surface area (Å²) >= 11 is 1.03. The summed E-state index contributed by atoms with van der Waals surface area (Å²) in [5, 5.41) is 22.3. The summed E-state index contributed by atoms with van der Waals surface area (Å²) in [5.74, 6) is -1.01. The van der Waals surface area contributed by atoms with E-state index in [1.54, 1.807) is 19.1 Å². The van der Waals surface area contributed by atoms with E-state index in [1.165, 1.54) is 6.07 Å². The molecule has 0 aromatic heterocycles. The van der Waals surface area contributed by atoms with Crippen LogP contribution in [0.3, 0.4) is 0 Å². The number of hydrogen-bond donors (Lipinski definition) is 3. The van der Waals surface area contributed by atoms with Crippen LogP contribution in [-0.4, -0.2) is 29.3 Å². The number of nitrogens with two attached hydrogens (primary N) is 1. The molecule has 0 radical (unpaired) electrons. The fraction of sp³-hybridized carbons (Fsp3) is 0.312. The molecule has 0 aliphatic carbocycles. The van der Waals surface area contributed by atoms with E-state index in [1.807, 2.05) is 0 Å². The number of rotatable bonds is 6. The number of ether oxygens (including phenoxy) is 1. The van der Waals surface area contributed by atoms with Crippen molar-refractivity contribution in [1.29, 1.82) is 5.26 Å². The number of phenolic OH excluding ortho intramolecular Hbond substituents is 1. The molecular weight excluding hydrogens is 330 g/mol. The number of nitrogens with zero attached hydrogens (tertiary/aromatic N) is 1. The average molecular weight is 347 g/mol. The maximum absolute atomic E-state index is 12.0. The third-order valence-corrected chi connectivity index (χ3v) is 4.44. The van der Waals surface area contributed by atoms with Gasteiger partial charge in [0.05, 0.1) is 29.0 Å². The Labute approximate surface area is 143 Å². The molecule has 0 unspecified atom stereocenters. The summed E-state index contributed by atoms with van der Waals surface area (Å²) < 4.78 is 5.35. The summed E-state index contributed by atoms with van der Waals surface area (Å²) in [6.45, 7) is 2.17. The molecule has 1 aromatic rings. The van der Waals surface area contributed by atoms with Gasteiger partial charge in [0.2, 0.25) is 11.8 Å². The molecular formula is C16H17N3O4S. The Kier molecular flexibility index (Phi) is 5.71. The zero-order valence-electron chi connectivity index (χ0n) is 13.0. The zero-order valence-corrected chi connectivity index (χ0v) is 13.9. The minimum atomic E-state index is -0.538. The van der Waals surface area contributed by atoms with Crippen molar-refractivity contribution in [3.05, 3.63) is 34.4 Å². The number of phenols is 1. The van der Waals surface area contributed by atoms with Gasteiger partial charge in [-0.3, -0.25) is 9.59 Å². The highest BCUT2D eigenvalue weighted by Gasteiger charge is 2.30. The average Bonchev–Trinajstić information content (AvgIpc) is 2.54. The standard InChI is InChI=1S/C16H17N3O4S/c1-2-23-13-5-9(3-4-12(13)20)10-6-15(22)19-16(11(10)7-17)24-8-14(18)21/h3-5,10,20H,2,6,8H2,1H3,(H2,18,21)(H,19,22)/t10-/m1/s1. The number of aromatic hydroxyl groups is 1. The van der Waals surface area contributed by atoms with Crippen LogP contribution in [0.25, 0.3) is 0 Å². The Bertz CT molecular complexity index is 739. The molecule has 1 aliphatic heterocycles. The number of amides is 2. The molecule has 0 saturated carbocycles. The minimum Gasteiger partial charge on any atom is -0.504 e. The number of thioether (sulfide) groups is 1. The molecule has 0 bridgehead atoms. The van der Waals surface area contributed by atoms with Crippen LogP contribution in [-0.2, 0) is 9.59 Å². The summed E-state index contributed by atoms with van der Waals surface area (Å²) in [6.07, 6.45) is 0.0971. The van der Waals surface area contributed by atoms with Gasteiger partial charge >= 0.3 is 0 Å². The molecule has 4 N–H and O–H groups in total. The minimum absolute atomic E-state index is 0.00771. The predicted octanol–water partition coefficient (Wildman–Crippen LogP) is 1.35. The van der Waals surface area contributed by atoms with Crippen LogP contribution in [0.1, 0.15) is 24.8 Å². The lowest BCUT2D eigenvalue weighted by Gasteiger charge is -2.25. The Morgan fingerprint density at radius 1 is 1.58 bits per heavy atom. The lowest BCUT2D eigenvalue weighted by Crippen LogP contribution is -2.31. The number of primary amides is 1. The van der Waals surface area contributed by atoms with Gasteiger partial charge in [-0.25, -0.2) is 0 Å². The Balaban J connectivity index is 2.41. The molecule has 126 valence electrons. The lowest BCUT2D eigenvalue weighted by molar-refractivity contribution is -0.121. The third kappa shape index (κ3) is 4.00. The molecule has 0 fully saturated rings. The van der Waals surface area contributed by atoms with E-state index in [2.05, 4.69) is 11.4 Å². The maximum Gasteiger partial charge on any atom is 0.227 e. The molecule has 1 heterocycles. The van der Waals surface area contributed by atoms with Crippen LogP contribution in [0.4, 0.5) is 0 Å². The Morgan fingerprint density at radius 3 is 2.96 bits per heavy atom. The number of nitriles is 1. The fourth-order valence-corrected chi connectivity index (χ4v) is 3.20. The van der Waals surface area contributed by atoms with E-state index >= 15 is 0 Å². The number of carbonyl (C=O) groups is 2. The SMILES string of the molecule is CCOc1cc([C@H]2CC(=O)NC(SCC(N)=O)=C2C#N)ccc1O. The fourth-order valence-electron chi connectivity index (χ4n) is 2.38. The monoisotopic (exact) mass is 347 g/mol. The van der Waals surface area contributed by atoms with Crippen molar-refractivity contribution < 1.29 is 19.4 Å². The van der Waals surface area contributed by atoms with Crippen LogP contribution >= 0.6 is 11.8 Å². The largest absolute Gasteiger partial charge is 0.504 e. The van der Waals surface area contributed by atoms with Crippen molar-refractivity contribution in [2.75, 3.05) is 12.4 Å². The first-order chi connectivity index (χ1) is 11.5. The molecule has 2 amide bonds. The second kappa shape index (κ2) is 7.75. The first-order valence-corrected chi connectivity index (χ1v) is 8.25. The van der Waals surface area contributed by atoms with Crippen molar-refractivity contribution in [3.63, 3.8) is 0 Å². The van der Waals surface area contributed by atoms with Crippen molar-refractivity contribution in [2.45, 2.75) is 19.3 Å². The van der Waals surface area contributed by atoms with Gasteiger partial charge in [0.1, 0.15) is 0 Å². The molecule has 2 rings (SSSR count). The molecule has 1 aliphatic rings. The molecule has 0 spiro atoms. The lowest BCUT2D eigenvalue weighted by atomic mass is 9.87. The predicted molar refractivity (Wildman–Crippen MR) is 89.1 cm³/mol. The van der Waals surface area contributed by atoms with E-state index in [0.717, 1.165) is 11.8 Å². The molecule has 1 aromatic carbocycles. The van der Waals surface area contributed by atoms with E-state index in [9.17, 15) is 20.0 Å². The van der Waals surface area contributed by atoms with E-state index in [0.29, 0.717) is 28.5 Å². The van der Waals surface area contributed by atoms with Gasteiger partial charge in [0.15, 0.2) is 11.5 Å². The molecule has 24 heavy (non-hydrogen) atoms. The smallest absolute Gasteiger partial charge is 0.227 e. The van der Waals surface area contributed by atoms with Crippen LogP contribution < -0.4 is 15.8 Å². The zero-order chi connectivity index (χ0) is 17.7. The van der Waals surface area contributed by atoms with Gasteiger partial charge in [-0.1, -0.05) is 17.8 Å². The normalized spacial score (nSPS) is 17.2. The highest BCUT2D eigenvalue weighted by molar-refractivity contribution is 8.03. The highest BCUT2D eigenvalue weighted by Crippen LogP contribution is 2.38. The van der Waals surface area contributed by atoms with Gasteiger partial charge < -0.3 is 20.9 Å². The third-order valence-electron chi connectivity index (χ3n) is 3.40. The molecule has 1 atom stereocenters. The van der Waals surface area contributed by atoms with Crippen LogP contribution in [0.2, 0.25) is 0 Å². The second-order valence-corrected chi connectivity index (χ2v) is 6.06. The number of allylic oxidation sites excluding steroid dienone is 1. The number of benzene rings is 1. The molecule has 7 nitrogen and oxygen atoms in total. The van der Waals surface area contributed by atoms with Crippen molar-refractivity contribution in [1.82, 2.24) is 5.32 Å². The van der Waals surface area contributed by atoms with E-state index < -0.39 is 11.8 Å². The molecule has 8 heteroatoms. The first-order valence-electron chi connectivity index (χ1n) is 7.27. The Morgan fingerprint density at radius 2 is 2.33 bits per heavy atom. The van der Waals surface area contributed by atoms with Crippen LogP contribution in [0.15, 0.2) is 28.8 Å². The quantitative estimate of drug-likeness (QED) is 0.713. The van der Waals surface area contributed by atoms with Gasteiger partial charge in [0, 0.05) is 12.3 Å².